The third kappa shape index (κ3) is 6.85. The molecule has 1 aliphatic heterocycles. The average Bonchev–Trinajstić information content (AvgIpc) is 3.41. The Morgan fingerprint density at radius 1 is 1.29 bits per heavy atom. The monoisotopic (exact) mass is 456 g/mol. The number of hydrogen-bond donors (Lipinski definition) is 2. The third-order valence-electron chi connectivity index (χ3n) is 5.08. The lowest BCUT2D eigenvalue weighted by atomic mass is 10.1. The molecule has 2 aromatic heterocycles. The largest absolute Gasteiger partial charge is 0.492 e. The molecule has 4 rings (SSSR count). The Morgan fingerprint density at radius 2 is 2.16 bits per heavy atom. The number of nitrogens with zero attached hydrogens (tertiary/aromatic N) is 2. The first kappa shape index (κ1) is 21.9. The van der Waals surface area contributed by atoms with E-state index in [-0.39, 0.29) is 5.91 Å². The van der Waals surface area contributed by atoms with E-state index in [4.69, 9.17) is 4.74 Å². The molecule has 0 atom stereocenters. The van der Waals surface area contributed by atoms with Gasteiger partial charge in [0.15, 0.2) is 5.16 Å². The van der Waals surface area contributed by atoms with Gasteiger partial charge in [-0.2, -0.15) is 0 Å². The Hall–Kier alpha value is -2.29. The van der Waals surface area contributed by atoms with Crippen molar-refractivity contribution in [2.24, 2.45) is 0 Å². The van der Waals surface area contributed by atoms with Gasteiger partial charge in [-0.25, -0.2) is 4.98 Å². The van der Waals surface area contributed by atoms with E-state index in [9.17, 15) is 4.79 Å². The Labute approximate surface area is 191 Å². The van der Waals surface area contributed by atoms with E-state index >= 15 is 0 Å². The highest BCUT2D eigenvalue weighted by Crippen LogP contribution is 2.24. The molecule has 1 aliphatic rings. The number of aromatic amines is 1. The number of thioether (sulfide) groups is 1. The average molecular weight is 457 g/mol. The highest BCUT2D eigenvalue weighted by Gasteiger charge is 2.12. The van der Waals surface area contributed by atoms with E-state index in [1.807, 2.05) is 30.3 Å². The summed E-state index contributed by atoms with van der Waals surface area (Å²) in [6, 6.07) is 9.99. The highest BCUT2D eigenvalue weighted by molar-refractivity contribution is 7.99. The zero-order valence-corrected chi connectivity index (χ0v) is 19.1. The lowest BCUT2D eigenvalue weighted by Gasteiger charge is -2.25. The van der Waals surface area contributed by atoms with E-state index in [0.717, 1.165) is 34.9 Å². The van der Waals surface area contributed by atoms with Gasteiger partial charge in [0, 0.05) is 23.2 Å². The number of thiophene rings is 1. The SMILES string of the molecule is O=C(CSc1nc2ccccc2[nH]1)N/C=C\CCOc1csc(CN2CCCCC2)c1. The predicted octanol–water partition coefficient (Wildman–Crippen LogP) is 4.80. The number of imidazole rings is 1. The number of aromatic nitrogens is 2. The molecule has 8 heteroatoms. The molecule has 3 aromatic rings. The standard InChI is InChI=1S/C23H28N4O2S2/c28-22(17-31-23-25-20-8-2-3-9-21(20)26-23)24-10-4-7-13-29-18-14-19(30-16-18)15-27-11-5-1-6-12-27/h2-4,8-10,14,16H,1,5-7,11-13,15,17H2,(H,24,28)(H,25,26)/b10-4-. The van der Waals surface area contributed by atoms with Crippen LogP contribution in [0.3, 0.4) is 0 Å². The lowest BCUT2D eigenvalue weighted by molar-refractivity contribution is -0.117. The highest BCUT2D eigenvalue weighted by atomic mass is 32.2. The van der Waals surface area contributed by atoms with Crippen molar-refractivity contribution in [1.29, 1.82) is 0 Å². The number of fused-ring (bicyclic) bond motifs is 1. The lowest BCUT2D eigenvalue weighted by Crippen LogP contribution is -2.28. The number of carbonyl (C=O) groups excluding carboxylic acids is 1. The molecule has 1 amide bonds. The van der Waals surface area contributed by atoms with Crippen molar-refractivity contribution in [2.75, 3.05) is 25.4 Å². The minimum Gasteiger partial charge on any atom is -0.492 e. The number of H-pyrrole nitrogens is 1. The predicted molar refractivity (Wildman–Crippen MR) is 128 cm³/mol. The van der Waals surface area contributed by atoms with Gasteiger partial charge < -0.3 is 15.0 Å². The minimum absolute atomic E-state index is 0.0530. The maximum Gasteiger partial charge on any atom is 0.234 e. The second-order valence-corrected chi connectivity index (χ2v) is 9.50. The van der Waals surface area contributed by atoms with E-state index in [2.05, 4.69) is 31.6 Å². The molecule has 0 unspecified atom stereocenters. The molecule has 31 heavy (non-hydrogen) atoms. The molecular formula is C23H28N4O2S2. The summed E-state index contributed by atoms with van der Waals surface area (Å²) >= 11 is 3.16. The number of amides is 1. The second-order valence-electron chi connectivity index (χ2n) is 7.54. The first-order valence-electron chi connectivity index (χ1n) is 10.7. The number of nitrogens with one attached hydrogen (secondary N) is 2. The maximum absolute atomic E-state index is 12.0. The number of likely N-dealkylation sites (tertiary alicyclic amines) is 1. The summed E-state index contributed by atoms with van der Waals surface area (Å²) in [5.41, 5.74) is 1.89. The summed E-state index contributed by atoms with van der Waals surface area (Å²) in [5.74, 6) is 1.20. The molecule has 0 aliphatic carbocycles. The van der Waals surface area contributed by atoms with Crippen molar-refractivity contribution < 1.29 is 9.53 Å². The molecule has 2 N–H and O–H groups in total. The normalized spacial score (nSPS) is 15.0. The van der Waals surface area contributed by atoms with Gasteiger partial charge in [-0.3, -0.25) is 9.69 Å². The van der Waals surface area contributed by atoms with Crippen LogP contribution in [0.25, 0.3) is 11.0 Å². The molecular weight excluding hydrogens is 428 g/mol. The molecule has 1 aromatic carbocycles. The number of hydrogen-bond acceptors (Lipinski definition) is 6. The molecule has 0 spiro atoms. The van der Waals surface area contributed by atoms with Gasteiger partial charge in [0.1, 0.15) is 5.75 Å². The minimum atomic E-state index is -0.0530. The van der Waals surface area contributed by atoms with Crippen molar-refractivity contribution in [3.8, 4) is 5.75 Å². The van der Waals surface area contributed by atoms with Crippen LogP contribution in [-0.4, -0.2) is 46.2 Å². The van der Waals surface area contributed by atoms with Gasteiger partial charge in [0.05, 0.1) is 23.4 Å². The van der Waals surface area contributed by atoms with Gasteiger partial charge in [0.25, 0.3) is 0 Å². The first-order chi connectivity index (χ1) is 15.3. The molecule has 6 nitrogen and oxygen atoms in total. The summed E-state index contributed by atoms with van der Waals surface area (Å²) in [6.45, 7) is 4.05. The van der Waals surface area contributed by atoms with Crippen LogP contribution in [0.1, 0.15) is 30.6 Å². The molecule has 0 saturated carbocycles. The first-order valence-corrected chi connectivity index (χ1v) is 12.6. The van der Waals surface area contributed by atoms with E-state index in [1.165, 1.54) is 49.0 Å². The fraction of sp³-hybridized carbons (Fsp3) is 0.391. The number of rotatable bonds is 10. The number of carbonyl (C=O) groups is 1. The molecule has 0 radical (unpaired) electrons. The summed E-state index contributed by atoms with van der Waals surface area (Å²) in [7, 11) is 0. The van der Waals surface area contributed by atoms with Gasteiger partial charge in [-0.05, 0) is 50.3 Å². The van der Waals surface area contributed by atoms with Crippen molar-refractivity contribution in [3.05, 3.63) is 52.9 Å². The Morgan fingerprint density at radius 3 is 3.03 bits per heavy atom. The number of ether oxygens (including phenoxy) is 1. The van der Waals surface area contributed by atoms with Crippen LogP contribution < -0.4 is 10.1 Å². The van der Waals surface area contributed by atoms with Gasteiger partial charge in [-0.1, -0.05) is 36.4 Å². The van der Waals surface area contributed by atoms with Crippen molar-refractivity contribution >= 4 is 40.0 Å². The van der Waals surface area contributed by atoms with Crippen LogP contribution in [0.2, 0.25) is 0 Å². The van der Waals surface area contributed by atoms with E-state index in [1.54, 1.807) is 17.5 Å². The fourth-order valence-electron chi connectivity index (χ4n) is 3.51. The van der Waals surface area contributed by atoms with Crippen molar-refractivity contribution in [2.45, 2.75) is 37.4 Å². The number of para-hydroxylation sites is 2. The summed E-state index contributed by atoms with van der Waals surface area (Å²) in [5, 5.41) is 5.63. The summed E-state index contributed by atoms with van der Waals surface area (Å²) in [6.07, 6.45) is 8.36. The van der Waals surface area contributed by atoms with Gasteiger partial charge >= 0.3 is 0 Å². The van der Waals surface area contributed by atoms with Gasteiger partial charge in [0.2, 0.25) is 5.91 Å². The zero-order chi connectivity index (χ0) is 21.3. The maximum atomic E-state index is 12.0. The second kappa shape index (κ2) is 11.4. The van der Waals surface area contributed by atoms with Crippen LogP contribution in [0, 0.1) is 0 Å². The molecule has 164 valence electrons. The van der Waals surface area contributed by atoms with E-state index < -0.39 is 0 Å². The van der Waals surface area contributed by atoms with Crippen LogP contribution in [0.15, 0.2) is 53.1 Å². The quantitative estimate of drug-likeness (QED) is 0.339. The molecule has 0 bridgehead atoms. The smallest absolute Gasteiger partial charge is 0.234 e. The Kier molecular flexibility index (Phi) is 8.04. The Bertz CT molecular complexity index is 975. The van der Waals surface area contributed by atoms with Crippen LogP contribution in [-0.2, 0) is 11.3 Å². The number of piperidine rings is 1. The summed E-state index contributed by atoms with van der Waals surface area (Å²) in [4.78, 5) is 23.6. The molecule has 1 saturated heterocycles. The fourth-order valence-corrected chi connectivity index (χ4v) is 5.05. The zero-order valence-electron chi connectivity index (χ0n) is 17.5. The molecule has 1 fully saturated rings. The van der Waals surface area contributed by atoms with Crippen LogP contribution in [0.4, 0.5) is 0 Å². The topological polar surface area (TPSA) is 70.2 Å². The van der Waals surface area contributed by atoms with Crippen LogP contribution >= 0.6 is 23.1 Å². The molecule has 3 heterocycles. The Balaban J connectivity index is 1.09. The van der Waals surface area contributed by atoms with Crippen molar-refractivity contribution in [1.82, 2.24) is 20.2 Å². The van der Waals surface area contributed by atoms with E-state index in [0.29, 0.717) is 12.4 Å². The van der Waals surface area contributed by atoms with Crippen molar-refractivity contribution in [3.63, 3.8) is 0 Å². The summed E-state index contributed by atoms with van der Waals surface area (Å²) < 4.78 is 5.83. The number of benzene rings is 1. The third-order valence-corrected chi connectivity index (χ3v) is 6.85. The van der Waals surface area contributed by atoms with Crippen LogP contribution in [0.5, 0.6) is 5.75 Å². The van der Waals surface area contributed by atoms with Gasteiger partial charge in [-0.15, -0.1) is 11.3 Å².